The van der Waals surface area contributed by atoms with Crippen LogP contribution in [0.5, 0.6) is 0 Å². The number of carbonyl (C=O) groups is 2. The number of aliphatic carboxylic acids is 1. The van der Waals surface area contributed by atoms with Crippen LogP contribution in [0, 0.1) is 0 Å². The second-order valence-corrected chi connectivity index (χ2v) is 4.96. The van der Waals surface area contributed by atoms with E-state index < -0.39 is 12.1 Å². The van der Waals surface area contributed by atoms with Gasteiger partial charge in [-0.2, -0.15) is 0 Å². The summed E-state index contributed by atoms with van der Waals surface area (Å²) in [7, 11) is 0. The Labute approximate surface area is 116 Å². The number of amides is 1. The molecule has 0 aliphatic carbocycles. The van der Waals surface area contributed by atoms with Gasteiger partial charge in [-0.3, -0.25) is 4.79 Å². The molecule has 1 aromatic rings. The van der Waals surface area contributed by atoms with Gasteiger partial charge in [-0.1, -0.05) is 30.3 Å². The van der Waals surface area contributed by atoms with E-state index in [9.17, 15) is 9.59 Å². The minimum Gasteiger partial charge on any atom is -0.479 e. The Hall–Kier alpha value is -1.53. The second kappa shape index (κ2) is 8.55. The van der Waals surface area contributed by atoms with Crippen LogP contribution in [0.2, 0.25) is 0 Å². The zero-order valence-corrected chi connectivity index (χ0v) is 11.2. The van der Waals surface area contributed by atoms with E-state index in [4.69, 9.17) is 10.2 Å². The lowest BCUT2D eigenvalue weighted by molar-refractivity contribution is -0.147. The zero-order chi connectivity index (χ0) is 14.1. The molecule has 0 spiro atoms. The van der Waals surface area contributed by atoms with Crippen molar-refractivity contribution in [1.82, 2.24) is 5.32 Å². The molecule has 0 fully saturated rings. The van der Waals surface area contributed by atoms with Gasteiger partial charge in [0.15, 0.2) is 6.10 Å². The fraction of sp³-hybridized carbons (Fsp3) is 0.385. The Kier molecular flexibility index (Phi) is 6.99. The van der Waals surface area contributed by atoms with Crippen LogP contribution in [0.4, 0.5) is 0 Å². The van der Waals surface area contributed by atoms with Crippen molar-refractivity contribution in [3.8, 4) is 0 Å². The number of thioether (sulfide) groups is 1. The number of carboxylic acid groups (broad SMARTS) is 1. The Morgan fingerprint density at radius 1 is 1.26 bits per heavy atom. The summed E-state index contributed by atoms with van der Waals surface area (Å²) in [5.74, 6) is -0.351. The summed E-state index contributed by atoms with van der Waals surface area (Å²) in [6, 6.07) is 9.82. The van der Waals surface area contributed by atoms with Crippen molar-refractivity contribution in [2.45, 2.75) is 18.3 Å². The minimum atomic E-state index is -1.42. The molecule has 19 heavy (non-hydrogen) atoms. The maximum absolute atomic E-state index is 11.4. The van der Waals surface area contributed by atoms with Gasteiger partial charge in [0.05, 0.1) is 5.75 Å². The molecule has 1 amide bonds. The van der Waals surface area contributed by atoms with Crippen molar-refractivity contribution >= 4 is 23.6 Å². The molecule has 0 aromatic heterocycles. The third-order valence-corrected chi connectivity index (χ3v) is 3.37. The summed E-state index contributed by atoms with van der Waals surface area (Å²) in [6.07, 6.45) is -1.40. The molecule has 6 heteroatoms. The maximum Gasteiger partial charge on any atom is 0.332 e. The van der Waals surface area contributed by atoms with Gasteiger partial charge in [0.25, 0.3) is 0 Å². The van der Waals surface area contributed by atoms with Gasteiger partial charge in [0.1, 0.15) is 0 Å². The van der Waals surface area contributed by atoms with Gasteiger partial charge in [-0.25, -0.2) is 4.79 Å². The van der Waals surface area contributed by atoms with Crippen LogP contribution < -0.4 is 5.32 Å². The van der Waals surface area contributed by atoms with E-state index in [1.54, 1.807) is 0 Å². The molecule has 0 saturated heterocycles. The normalized spacial score (nSPS) is 11.8. The van der Waals surface area contributed by atoms with Crippen molar-refractivity contribution in [3.05, 3.63) is 35.9 Å². The first-order valence-electron chi connectivity index (χ1n) is 5.89. The fourth-order valence-electron chi connectivity index (χ4n) is 1.36. The van der Waals surface area contributed by atoms with Crippen LogP contribution in [0.1, 0.15) is 12.0 Å². The first kappa shape index (κ1) is 15.5. The first-order chi connectivity index (χ1) is 9.09. The molecule has 104 valence electrons. The number of aliphatic hydroxyl groups excluding tert-OH is 1. The number of hydrogen-bond donors (Lipinski definition) is 3. The molecular weight excluding hydrogens is 266 g/mol. The summed E-state index contributed by atoms with van der Waals surface area (Å²) in [5, 5.41) is 20.0. The molecular formula is C13H17NO4S. The van der Waals surface area contributed by atoms with E-state index in [-0.39, 0.29) is 18.9 Å². The number of carboxylic acids is 1. The Balaban J connectivity index is 2.10. The third kappa shape index (κ3) is 6.83. The van der Waals surface area contributed by atoms with Crippen molar-refractivity contribution in [1.29, 1.82) is 0 Å². The quantitative estimate of drug-likeness (QED) is 0.659. The number of nitrogens with one attached hydrogen (secondary N) is 1. The highest BCUT2D eigenvalue weighted by molar-refractivity contribution is 7.99. The number of benzene rings is 1. The summed E-state index contributed by atoms with van der Waals surface area (Å²) in [5.41, 5.74) is 1.15. The molecule has 0 aliphatic heterocycles. The van der Waals surface area contributed by atoms with Gasteiger partial charge < -0.3 is 15.5 Å². The van der Waals surface area contributed by atoms with E-state index in [1.165, 1.54) is 11.8 Å². The van der Waals surface area contributed by atoms with Gasteiger partial charge in [-0.15, -0.1) is 11.8 Å². The standard InChI is InChI=1S/C13H17NO4S/c15-11(13(17)18)6-7-14-12(16)9-19-8-10-4-2-1-3-5-10/h1-5,11,15H,6-9H2,(H,14,16)(H,17,18)/t11-/m0/s1. The molecule has 0 aliphatic rings. The number of aliphatic hydroxyl groups is 1. The van der Waals surface area contributed by atoms with E-state index in [0.717, 1.165) is 11.3 Å². The number of hydrogen-bond acceptors (Lipinski definition) is 4. The van der Waals surface area contributed by atoms with Gasteiger partial charge in [0, 0.05) is 18.7 Å². The van der Waals surface area contributed by atoms with Crippen LogP contribution >= 0.6 is 11.8 Å². The summed E-state index contributed by atoms with van der Waals surface area (Å²) in [4.78, 5) is 21.8. The first-order valence-corrected chi connectivity index (χ1v) is 7.04. The highest BCUT2D eigenvalue weighted by Gasteiger charge is 2.12. The molecule has 0 bridgehead atoms. The van der Waals surface area contributed by atoms with Gasteiger partial charge in [-0.05, 0) is 5.56 Å². The van der Waals surface area contributed by atoms with Crippen LogP contribution in [0.3, 0.4) is 0 Å². The highest BCUT2D eigenvalue weighted by Crippen LogP contribution is 2.10. The van der Waals surface area contributed by atoms with E-state index in [1.807, 2.05) is 30.3 Å². The lowest BCUT2D eigenvalue weighted by Crippen LogP contribution is -2.31. The highest BCUT2D eigenvalue weighted by atomic mass is 32.2. The predicted molar refractivity (Wildman–Crippen MR) is 73.9 cm³/mol. The van der Waals surface area contributed by atoms with Crippen LogP contribution in [-0.2, 0) is 15.3 Å². The molecule has 1 atom stereocenters. The molecule has 1 aromatic carbocycles. The number of carbonyl (C=O) groups excluding carboxylic acids is 1. The largest absolute Gasteiger partial charge is 0.479 e. The summed E-state index contributed by atoms with van der Waals surface area (Å²) >= 11 is 1.49. The molecule has 0 unspecified atom stereocenters. The minimum absolute atomic E-state index is 0.0183. The molecule has 0 heterocycles. The fourth-order valence-corrected chi connectivity index (χ4v) is 2.18. The molecule has 1 rings (SSSR count). The smallest absolute Gasteiger partial charge is 0.332 e. The monoisotopic (exact) mass is 283 g/mol. The lowest BCUT2D eigenvalue weighted by atomic mass is 10.2. The van der Waals surface area contributed by atoms with E-state index in [2.05, 4.69) is 5.32 Å². The van der Waals surface area contributed by atoms with Gasteiger partial charge in [0.2, 0.25) is 5.91 Å². The van der Waals surface area contributed by atoms with Gasteiger partial charge >= 0.3 is 5.97 Å². The SMILES string of the molecule is O=C(CSCc1ccccc1)NCC[C@H](O)C(=O)O. The number of rotatable bonds is 8. The second-order valence-electron chi connectivity index (χ2n) is 3.97. The van der Waals surface area contributed by atoms with Crippen molar-refractivity contribution in [2.24, 2.45) is 0 Å². The van der Waals surface area contributed by atoms with Crippen LogP contribution in [0.15, 0.2) is 30.3 Å². The topological polar surface area (TPSA) is 86.6 Å². The Bertz CT molecular complexity index is 410. The molecule has 5 nitrogen and oxygen atoms in total. The van der Waals surface area contributed by atoms with Crippen molar-refractivity contribution < 1.29 is 19.8 Å². The third-order valence-electron chi connectivity index (χ3n) is 2.37. The van der Waals surface area contributed by atoms with E-state index in [0.29, 0.717) is 5.75 Å². The molecule has 0 saturated carbocycles. The van der Waals surface area contributed by atoms with Crippen LogP contribution in [-0.4, -0.2) is 40.5 Å². The average Bonchev–Trinajstić information content (AvgIpc) is 2.39. The van der Waals surface area contributed by atoms with E-state index >= 15 is 0 Å². The maximum atomic E-state index is 11.4. The average molecular weight is 283 g/mol. The summed E-state index contributed by atoms with van der Waals surface area (Å²) in [6.45, 7) is 0.165. The van der Waals surface area contributed by atoms with Crippen molar-refractivity contribution in [2.75, 3.05) is 12.3 Å². The van der Waals surface area contributed by atoms with Crippen LogP contribution in [0.25, 0.3) is 0 Å². The predicted octanol–water partition coefficient (Wildman–Crippen LogP) is 0.872. The Morgan fingerprint density at radius 3 is 2.58 bits per heavy atom. The zero-order valence-electron chi connectivity index (χ0n) is 10.4. The Morgan fingerprint density at radius 2 is 1.95 bits per heavy atom. The molecule has 0 radical (unpaired) electrons. The lowest BCUT2D eigenvalue weighted by Gasteiger charge is -2.07. The summed E-state index contributed by atoms with van der Waals surface area (Å²) < 4.78 is 0. The molecule has 3 N–H and O–H groups in total. The van der Waals surface area contributed by atoms with Crippen molar-refractivity contribution in [3.63, 3.8) is 0 Å².